The molecule has 2 aliphatic rings. The predicted molar refractivity (Wildman–Crippen MR) is 86.7 cm³/mol. The van der Waals surface area contributed by atoms with Crippen LogP contribution in [-0.4, -0.2) is 34.8 Å². The van der Waals surface area contributed by atoms with E-state index in [1.807, 2.05) is 6.92 Å². The lowest BCUT2D eigenvalue weighted by Crippen LogP contribution is -2.42. The summed E-state index contributed by atoms with van der Waals surface area (Å²) < 4.78 is 0. The van der Waals surface area contributed by atoms with E-state index in [2.05, 4.69) is 10.3 Å². The van der Waals surface area contributed by atoms with Crippen LogP contribution in [0.2, 0.25) is 0 Å². The molecule has 2 fully saturated rings. The number of carbonyl (C=O) groups excluding carboxylic acids is 2. The van der Waals surface area contributed by atoms with Gasteiger partial charge in [-0.2, -0.15) is 0 Å². The van der Waals surface area contributed by atoms with E-state index >= 15 is 0 Å². The molecule has 2 aliphatic carbocycles. The Morgan fingerprint density at radius 2 is 2.05 bits per heavy atom. The summed E-state index contributed by atoms with van der Waals surface area (Å²) in [6.45, 7) is 2.85. The minimum atomic E-state index is -0.138. The van der Waals surface area contributed by atoms with Crippen molar-refractivity contribution in [3.05, 3.63) is 11.1 Å². The fraction of sp³-hybridized carbons (Fsp3) is 0.688. The lowest BCUT2D eigenvalue weighted by molar-refractivity contribution is -0.138. The summed E-state index contributed by atoms with van der Waals surface area (Å²) in [5.74, 6) is 0.769. The molecular formula is C16H23N3O2S. The third-order valence-corrected chi connectivity index (χ3v) is 5.22. The number of anilines is 1. The summed E-state index contributed by atoms with van der Waals surface area (Å²) in [6, 6.07) is 0. The smallest absolute Gasteiger partial charge is 0.245 e. The first-order chi connectivity index (χ1) is 10.6. The van der Waals surface area contributed by atoms with Crippen LogP contribution >= 0.6 is 11.3 Å². The van der Waals surface area contributed by atoms with Gasteiger partial charge in [0.05, 0.1) is 6.54 Å². The Morgan fingerprint density at radius 1 is 1.32 bits per heavy atom. The molecule has 0 aliphatic heterocycles. The van der Waals surface area contributed by atoms with E-state index in [-0.39, 0.29) is 24.3 Å². The topological polar surface area (TPSA) is 62.3 Å². The van der Waals surface area contributed by atoms with Gasteiger partial charge in [0.1, 0.15) is 0 Å². The molecule has 120 valence electrons. The second-order valence-corrected chi connectivity index (χ2v) is 7.70. The van der Waals surface area contributed by atoms with Gasteiger partial charge < -0.3 is 10.2 Å². The molecule has 0 aromatic carbocycles. The van der Waals surface area contributed by atoms with Crippen LogP contribution in [0.3, 0.4) is 0 Å². The highest BCUT2D eigenvalue weighted by Gasteiger charge is 2.32. The molecule has 5 nitrogen and oxygen atoms in total. The Labute approximate surface area is 135 Å². The number of carbonyl (C=O) groups is 2. The van der Waals surface area contributed by atoms with Crippen LogP contribution in [0.5, 0.6) is 0 Å². The molecule has 1 N–H and O–H groups in total. The van der Waals surface area contributed by atoms with E-state index in [0.29, 0.717) is 11.0 Å². The van der Waals surface area contributed by atoms with E-state index in [0.717, 1.165) is 37.1 Å². The van der Waals surface area contributed by atoms with Crippen LogP contribution in [0.4, 0.5) is 5.13 Å². The lowest BCUT2D eigenvalue weighted by atomic mass is 10.1. The molecule has 2 amide bonds. The van der Waals surface area contributed by atoms with E-state index < -0.39 is 0 Å². The zero-order chi connectivity index (χ0) is 15.5. The third-order valence-electron chi connectivity index (χ3n) is 4.39. The van der Waals surface area contributed by atoms with Gasteiger partial charge in [-0.05, 0) is 38.5 Å². The minimum Gasteiger partial charge on any atom is -0.333 e. The van der Waals surface area contributed by atoms with E-state index in [4.69, 9.17) is 0 Å². The Bertz CT molecular complexity index is 547. The highest BCUT2D eigenvalue weighted by Crippen LogP contribution is 2.32. The van der Waals surface area contributed by atoms with Gasteiger partial charge in [0, 0.05) is 23.5 Å². The number of hydrogen-bond acceptors (Lipinski definition) is 4. The molecule has 0 atom stereocenters. The zero-order valence-electron chi connectivity index (χ0n) is 13.0. The van der Waals surface area contributed by atoms with Gasteiger partial charge in [-0.25, -0.2) is 4.98 Å². The number of hydrogen-bond donors (Lipinski definition) is 1. The summed E-state index contributed by atoms with van der Waals surface area (Å²) in [7, 11) is 0. The number of nitrogens with one attached hydrogen (secondary N) is 1. The quantitative estimate of drug-likeness (QED) is 0.876. The summed E-state index contributed by atoms with van der Waals surface area (Å²) >= 11 is 1.46. The van der Waals surface area contributed by atoms with Crippen molar-refractivity contribution in [2.45, 2.75) is 45.4 Å². The van der Waals surface area contributed by atoms with Gasteiger partial charge in [-0.1, -0.05) is 12.8 Å². The molecule has 1 aromatic rings. The molecule has 0 radical (unpaired) electrons. The van der Waals surface area contributed by atoms with Crippen LogP contribution in [-0.2, 0) is 9.59 Å². The minimum absolute atomic E-state index is 0.133. The SMILES string of the molecule is Cc1cnc(NC(=O)CN(CC2CC2)C(=O)C2CCCC2)s1. The van der Waals surface area contributed by atoms with Gasteiger partial charge in [-0.3, -0.25) is 9.59 Å². The Balaban J connectivity index is 1.58. The number of nitrogens with zero attached hydrogens (tertiary/aromatic N) is 2. The van der Waals surface area contributed by atoms with Crippen LogP contribution in [0, 0.1) is 18.8 Å². The molecule has 0 spiro atoms. The number of amides is 2. The monoisotopic (exact) mass is 321 g/mol. The first-order valence-corrected chi connectivity index (χ1v) is 8.94. The van der Waals surface area contributed by atoms with Crippen molar-refractivity contribution in [1.82, 2.24) is 9.88 Å². The normalized spacial score (nSPS) is 18.4. The van der Waals surface area contributed by atoms with Crippen molar-refractivity contribution in [1.29, 1.82) is 0 Å². The molecule has 0 unspecified atom stereocenters. The molecule has 1 aromatic heterocycles. The summed E-state index contributed by atoms with van der Waals surface area (Å²) in [5, 5.41) is 3.42. The van der Waals surface area contributed by atoms with E-state index in [1.165, 1.54) is 24.2 Å². The average Bonchev–Trinajstić information content (AvgIpc) is 2.97. The van der Waals surface area contributed by atoms with E-state index in [9.17, 15) is 9.59 Å². The number of rotatable bonds is 6. The Morgan fingerprint density at radius 3 is 2.64 bits per heavy atom. The largest absolute Gasteiger partial charge is 0.333 e. The fourth-order valence-electron chi connectivity index (χ4n) is 3.02. The fourth-order valence-corrected chi connectivity index (χ4v) is 3.70. The molecule has 2 saturated carbocycles. The van der Waals surface area contributed by atoms with Crippen LogP contribution < -0.4 is 5.32 Å². The highest BCUT2D eigenvalue weighted by molar-refractivity contribution is 7.15. The molecule has 0 bridgehead atoms. The highest BCUT2D eigenvalue weighted by atomic mass is 32.1. The second-order valence-electron chi connectivity index (χ2n) is 6.47. The average molecular weight is 321 g/mol. The summed E-state index contributed by atoms with van der Waals surface area (Å²) in [6.07, 6.45) is 8.34. The van der Waals surface area contributed by atoms with Gasteiger partial charge >= 0.3 is 0 Å². The Kier molecular flexibility index (Phi) is 4.76. The molecule has 3 rings (SSSR count). The zero-order valence-corrected chi connectivity index (χ0v) is 13.8. The standard InChI is InChI=1S/C16H23N3O2S/c1-11-8-17-16(22-11)18-14(20)10-19(9-12-6-7-12)15(21)13-4-2-3-5-13/h8,12-13H,2-7,9-10H2,1H3,(H,17,18,20). The first-order valence-electron chi connectivity index (χ1n) is 8.13. The van der Waals surface area contributed by atoms with Crippen molar-refractivity contribution < 1.29 is 9.59 Å². The summed E-state index contributed by atoms with van der Waals surface area (Å²) in [5.41, 5.74) is 0. The van der Waals surface area contributed by atoms with Gasteiger partial charge in [-0.15, -0.1) is 11.3 Å². The molecule has 6 heteroatoms. The third kappa shape index (κ3) is 4.06. The van der Waals surface area contributed by atoms with Crippen molar-refractivity contribution in [2.75, 3.05) is 18.4 Å². The predicted octanol–water partition coefficient (Wildman–Crippen LogP) is 2.82. The summed E-state index contributed by atoms with van der Waals surface area (Å²) in [4.78, 5) is 31.8. The first kappa shape index (κ1) is 15.5. The molecule has 0 saturated heterocycles. The maximum atomic E-state index is 12.6. The van der Waals surface area contributed by atoms with Crippen LogP contribution in [0.25, 0.3) is 0 Å². The van der Waals surface area contributed by atoms with Gasteiger partial charge in [0.2, 0.25) is 11.8 Å². The Hall–Kier alpha value is -1.43. The van der Waals surface area contributed by atoms with Gasteiger partial charge in [0.25, 0.3) is 0 Å². The number of aryl methyl sites for hydroxylation is 1. The molecule has 1 heterocycles. The maximum absolute atomic E-state index is 12.6. The second kappa shape index (κ2) is 6.77. The van der Waals surface area contributed by atoms with Crippen molar-refractivity contribution in [2.24, 2.45) is 11.8 Å². The maximum Gasteiger partial charge on any atom is 0.245 e. The molecular weight excluding hydrogens is 298 g/mol. The van der Waals surface area contributed by atoms with Crippen LogP contribution in [0.15, 0.2) is 6.20 Å². The van der Waals surface area contributed by atoms with E-state index in [1.54, 1.807) is 11.1 Å². The number of thiazole rings is 1. The van der Waals surface area contributed by atoms with Crippen molar-refractivity contribution in [3.63, 3.8) is 0 Å². The molecule has 22 heavy (non-hydrogen) atoms. The lowest BCUT2D eigenvalue weighted by Gasteiger charge is -2.25. The van der Waals surface area contributed by atoms with Crippen molar-refractivity contribution >= 4 is 28.3 Å². The van der Waals surface area contributed by atoms with Crippen LogP contribution in [0.1, 0.15) is 43.4 Å². The van der Waals surface area contributed by atoms with Crippen molar-refractivity contribution in [3.8, 4) is 0 Å². The van der Waals surface area contributed by atoms with Gasteiger partial charge in [0.15, 0.2) is 5.13 Å². The number of aromatic nitrogens is 1.